The van der Waals surface area contributed by atoms with Gasteiger partial charge in [0, 0.05) is 6.61 Å². The molecule has 1 aliphatic rings. The fourth-order valence-corrected chi connectivity index (χ4v) is 1.94. The van der Waals surface area contributed by atoms with Crippen molar-refractivity contribution in [3.05, 3.63) is 0 Å². The summed E-state index contributed by atoms with van der Waals surface area (Å²) < 4.78 is 5.81. The lowest BCUT2D eigenvalue weighted by Crippen LogP contribution is -2.32. The monoisotopic (exact) mass is 170 g/mol. The third kappa shape index (κ3) is 3.14. The highest BCUT2D eigenvalue weighted by Crippen LogP contribution is 2.29. The molecule has 0 aromatic carbocycles. The highest BCUT2D eigenvalue weighted by Gasteiger charge is 2.26. The molecule has 1 rings (SSSR count). The van der Waals surface area contributed by atoms with Gasteiger partial charge in [-0.1, -0.05) is 26.2 Å². The summed E-state index contributed by atoms with van der Waals surface area (Å²) in [5.41, 5.74) is 0.230. The first kappa shape index (κ1) is 10.0. The van der Waals surface area contributed by atoms with E-state index in [0.29, 0.717) is 0 Å². The van der Waals surface area contributed by atoms with Gasteiger partial charge in [-0.2, -0.15) is 0 Å². The molecule has 0 amide bonds. The molecule has 1 atom stereocenters. The van der Waals surface area contributed by atoms with E-state index in [0.717, 1.165) is 6.61 Å². The molecule has 1 fully saturated rings. The zero-order chi connectivity index (χ0) is 8.86. The first-order valence-corrected chi connectivity index (χ1v) is 5.41. The Morgan fingerprint density at radius 2 is 2.08 bits per heavy atom. The third-order valence-electron chi connectivity index (χ3n) is 2.86. The molecule has 0 bridgehead atoms. The van der Waals surface area contributed by atoms with Crippen LogP contribution >= 0.6 is 0 Å². The Morgan fingerprint density at radius 3 is 2.67 bits per heavy atom. The smallest absolute Gasteiger partial charge is 0.0654 e. The predicted octanol–water partition coefficient (Wildman–Crippen LogP) is 3.53. The Bertz CT molecular complexity index is 114. The fraction of sp³-hybridized carbons (Fsp3) is 1.00. The van der Waals surface area contributed by atoms with Crippen LogP contribution in [0.25, 0.3) is 0 Å². The average Bonchev–Trinajstić information content (AvgIpc) is 2.06. The highest BCUT2D eigenvalue weighted by molar-refractivity contribution is 4.78. The van der Waals surface area contributed by atoms with E-state index in [9.17, 15) is 0 Å². The predicted molar refractivity (Wildman–Crippen MR) is 52.4 cm³/mol. The normalized spacial score (nSPS) is 30.5. The number of rotatable bonds is 4. The molecule has 12 heavy (non-hydrogen) atoms. The zero-order valence-corrected chi connectivity index (χ0v) is 8.57. The van der Waals surface area contributed by atoms with Crippen LogP contribution in [0.1, 0.15) is 58.8 Å². The van der Waals surface area contributed by atoms with E-state index >= 15 is 0 Å². The molecule has 0 aromatic heterocycles. The molecule has 0 spiro atoms. The molecule has 0 saturated carbocycles. The van der Waals surface area contributed by atoms with Crippen LogP contribution in [0, 0.1) is 0 Å². The Hall–Kier alpha value is -0.0400. The standard InChI is InChI=1S/C11H22O/c1-3-4-5-8-11(2)9-6-7-10-12-11/h3-10H2,1-2H3. The van der Waals surface area contributed by atoms with Crippen LogP contribution in [0.3, 0.4) is 0 Å². The molecule has 1 heteroatoms. The second kappa shape index (κ2) is 4.86. The molecule has 0 radical (unpaired) electrons. The van der Waals surface area contributed by atoms with Crippen molar-refractivity contribution in [1.29, 1.82) is 0 Å². The number of unbranched alkanes of at least 4 members (excludes halogenated alkanes) is 2. The number of hydrogen-bond donors (Lipinski definition) is 0. The summed E-state index contributed by atoms with van der Waals surface area (Å²) in [7, 11) is 0. The number of hydrogen-bond acceptors (Lipinski definition) is 1. The minimum Gasteiger partial charge on any atom is -0.375 e. The molecule has 0 aliphatic carbocycles. The lowest BCUT2D eigenvalue weighted by Gasteiger charge is -2.34. The molecule has 0 aromatic rings. The Labute approximate surface area is 76.5 Å². The van der Waals surface area contributed by atoms with E-state index in [2.05, 4.69) is 13.8 Å². The van der Waals surface area contributed by atoms with Gasteiger partial charge in [0.15, 0.2) is 0 Å². The van der Waals surface area contributed by atoms with Crippen LogP contribution in [0.2, 0.25) is 0 Å². The molecule has 1 heterocycles. The van der Waals surface area contributed by atoms with Crippen LogP contribution in [-0.4, -0.2) is 12.2 Å². The van der Waals surface area contributed by atoms with Crippen LogP contribution in [0.5, 0.6) is 0 Å². The van der Waals surface area contributed by atoms with Gasteiger partial charge in [-0.15, -0.1) is 0 Å². The summed E-state index contributed by atoms with van der Waals surface area (Å²) in [5.74, 6) is 0. The van der Waals surface area contributed by atoms with E-state index in [1.54, 1.807) is 0 Å². The van der Waals surface area contributed by atoms with Gasteiger partial charge >= 0.3 is 0 Å². The minimum absolute atomic E-state index is 0.230. The third-order valence-corrected chi connectivity index (χ3v) is 2.86. The summed E-state index contributed by atoms with van der Waals surface area (Å²) in [4.78, 5) is 0. The van der Waals surface area contributed by atoms with Crippen molar-refractivity contribution in [3.63, 3.8) is 0 Å². The molecule has 1 saturated heterocycles. The Morgan fingerprint density at radius 1 is 1.25 bits per heavy atom. The van der Waals surface area contributed by atoms with Crippen LogP contribution in [0.15, 0.2) is 0 Å². The van der Waals surface area contributed by atoms with Gasteiger partial charge < -0.3 is 4.74 Å². The first-order valence-electron chi connectivity index (χ1n) is 5.41. The number of ether oxygens (including phenoxy) is 1. The minimum atomic E-state index is 0.230. The van der Waals surface area contributed by atoms with Gasteiger partial charge in [0.1, 0.15) is 0 Å². The average molecular weight is 170 g/mol. The maximum Gasteiger partial charge on any atom is 0.0654 e. The SMILES string of the molecule is CCCCCC1(C)CCCCO1. The largest absolute Gasteiger partial charge is 0.375 e. The van der Waals surface area contributed by atoms with Gasteiger partial charge in [-0.05, 0) is 32.6 Å². The second-order valence-electron chi connectivity index (χ2n) is 4.21. The van der Waals surface area contributed by atoms with Gasteiger partial charge in [0.2, 0.25) is 0 Å². The van der Waals surface area contributed by atoms with Crippen molar-refractivity contribution >= 4 is 0 Å². The van der Waals surface area contributed by atoms with Gasteiger partial charge in [-0.3, -0.25) is 0 Å². The Kier molecular flexibility index (Phi) is 4.07. The van der Waals surface area contributed by atoms with Gasteiger partial charge in [-0.25, -0.2) is 0 Å². The van der Waals surface area contributed by atoms with Crippen LogP contribution in [0.4, 0.5) is 0 Å². The van der Waals surface area contributed by atoms with E-state index < -0.39 is 0 Å². The van der Waals surface area contributed by atoms with Crippen LogP contribution in [-0.2, 0) is 4.74 Å². The summed E-state index contributed by atoms with van der Waals surface area (Å²) in [6, 6.07) is 0. The maximum atomic E-state index is 5.81. The summed E-state index contributed by atoms with van der Waals surface area (Å²) in [5, 5.41) is 0. The van der Waals surface area contributed by atoms with Gasteiger partial charge in [0.25, 0.3) is 0 Å². The van der Waals surface area contributed by atoms with Crippen molar-refractivity contribution in [3.8, 4) is 0 Å². The first-order chi connectivity index (χ1) is 5.77. The lowest BCUT2D eigenvalue weighted by atomic mass is 9.90. The second-order valence-corrected chi connectivity index (χ2v) is 4.21. The molecular formula is C11H22O. The summed E-state index contributed by atoms with van der Waals surface area (Å²) >= 11 is 0. The van der Waals surface area contributed by atoms with Crippen molar-refractivity contribution < 1.29 is 4.74 Å². The lowest BCUT2D eigenvalue weighted by molar-refractivity contribution is -0.0712. The maximum absolute atomic E-state index is 5.81. The van der Waals surface area contributed by atoms with Crippen molar-refractivity contribution in [2.75, 3.05) is 6.61 Å². The van der Waals surface area contributed by atoms with E-state index in [4.69, 9.17) is 4.74 Å². The molecule has 1 aliphatic heterocycles. The van der Waals surface area contributed by atoms with Crippen LogP contribution < -0.4 is 0 Å². The fourth-order valence-electron chi connectivity index (χ4n) is 1.94. The molecule has 0 N–H and O–H groups in total. The summed E-state index contributed by atoms with van der Waals surface area (Å²) in [6.45, 7) is 5.52. The van der Waals surface area contributed by atoms with Crippen molar-refractivity contribution in [2.24, 2.45) is 0 Å². The molecule has 72 valence electrons. The molecule has 1 unspecified atom stereocenters. The highest BCUT2D eigenvalue weighted by atomic mass is 16.5. The molecular weight excluding hydrogens is 148 g/mol. The van der Waals surface area contributed by atoms with E-state index in [1.807, 2.05) is 0 Å². The summed E-state index contributed by atoms with van der Waals surface area (Å²) in [6.07, 6.45) is 9.19. The Balaban J connectivity index is 2.17. The van der Waals surface area contributed by atoms with Crippen molar-refractivity contribution in [2.45, 2.75) is 64.4 Å². The zero-order valence-electron chi connectivity index (χ0n) is 8.57. The van der Waals surface area contributed by atoms with E-state index in [-0.39, 0.29) is 5.60 Å². The molecule has 1 nitrogen and oxygen atoms in total. The topological polar surface area (TPSA) is 9.23 Å². The van der Waals surface area contributed by atoms with Crippen molar-refractivity contribution in [1.82, 2.24) is 0 Å². The van der Waals surface area contributed by atoms with Gasteiger partial charge in [0.05, 0.1) is 5.60 Å². The quantitative estimate of drug-likeness (QED) is 0.586. The van der Waals surface area contributed by atoms with E-state index in [1.165, 1.54) is 44.9 Å².